The van der Waals surface area contributed by atoms with Gasteiger partial charge in [0.15, 0.2) is 0 Å². The van der Waals surface area contributed by atoms with Crippen molar-refractivity contribution in [2.75, 3.05) is 39.3 Å². The van der Waals surface area contributed by atoms with E-state index < -0.39 is 0 Å². The van der Waals surface area contributed by atoms with Gasteiger partial charge in [0.2, 0.25) is 6.41 Å². The summed E-state index contributed by atoms with van der Waals surface area (Å²) in [6, 6.07) is 0.735. The van der Waals surface area contributed by atoms with E-state index in [-0.39, 0.29) is 0 Å². The van der Waals surface area contributed by atoms with E-state index in [9.17, 15) is 4.79 Å². The summed E-state index contributed by atoms with van der Waals surface area (Å²) in [7, 11) is 0. The quantitative estimate of drug-likeness (QED) is 0.778. The van der Waals surface area contributed by atoms with Gasteiger partial charge in [-0.25, -0.2) is 0 Å². The maximum atomic E-state index is 10.4. The first-order valence-corrected chi connectivity index (χ1v) is 7.18. The summed E-state index contributed by atoms with van der Waals surface area (Å²) in [5, 5.41) is 6.36. The van der Waals surface area contributed by atoms with Gasteiger partial charge in [0.05, 0.1) is 5.01 Å². The van der Waals surface area contributed by atoms with Crippen LogP contribution in [0.5, 0.6) is 0 Å². The maximum Gasteiger partial charge on any atom is 0.209 e. The van der Waals surface area contributed by atoms with Crippen molar-refractivity contribution in [3.05, 3.63) is 16.6 Å². The molecule has 3 heterocycles. The third-order valence-corrected chi connectivity index (χ3v) is 4.03. The fourth-order valence-corrected chi connectivity index (χ4v) is 2.47. The Kier molecular flexibility index (Phi) is 5.10. The van der Waals surface area contributed by atoms with E-state index in [1.165, 1.54) is 0 Å². The summed E-state index contributed by atoms with van der Waals surface area (Å²) in [5.41, 5.74) is 0. The standard InChI is InChI=1S/C8H15N3O.C4H5NS/c12-7-10-1-3-11(4-2-10)8-5-9-6-8;1-4-5-2-3-6-4/h7-9H,1-6H2;2-3H,1H3. The molecule has 0 saturated carbocycles. The lowest BCUT2D eigenvalue weighted by atomic mass is 10.1. The van der Waals surface area contributed by atoms with Gasteiger partial charge in [0, 0.05) is 56.9 Å². The largest absolute Gasteiger partial charge is 0.343 e. The summed E-state index contributed by atoms with van der Waals surface area (Å²) in [4.78, 5) is 18.7. The molecule has 3 rings (SSSR count). The topological polar surface area (TPSA) is 48.5 Å². The van der Waals surface area contributed by atoms with Crippen molar-refractivity contribution in [3.63, 3.8) is 0 Å². The summed E-state index contributed by atoms with van der Waals surface area (Å²) < 4.78 is 0. The summed E-state index contributed by atoms with van der Waals surface area (Å²) in [5.74, 6) is 0. The van der Waals surface area contributed by atoms with Gasteiger partial charge in [-0.3, -0.25) is 14.7 Å². The number of nitrogens with one attached hydrogen (secondary N) is 1. The lowest BCUT2D eigenvalue weighted by Crippen LogP contribution is -2.61. The minimum absolute atomic E-state index is 0.735. The molecule has 1 aromatic heterocycles. The van der Waals surface area contributed by atoms with Crippen LogP contribution in [0, 0.1) is 6.92 Å². The molecular formula is C12H20N4OS. The monoisotopic (exact) mass is 268 g/mol. The fourth-order valence-electron chi connectivity index (χ4n) is 2.03. The van der Waals surface area contributed by atoms with Crippen LogP contribution in [-0.2, 0) is 4.79 Å². The molecular weight excluding hydrogens is 248 g/mol. The van der Waals surface area contributed by atoms with Crippen molar-refractivity contribution >= 4 is 17.7 Å². The number of carbonyl (C=O) groups excluding carboxylic acids is 1. The van der Waals surface area contributed by atoms with Crippen LogP contribution in [0.15, 0.2) is 11.6 Å². The van der Waals surface area contributed by atoms with Gasteiger partial charge in [0.1, 0.15) is 0 Å². The second-order valence-corrected chi connectivity index (χ2v) is 5.64. The number of thiazole rings is 1. The van der Waals surface area contributed by atoms with Crippen LogP contribution in [0.3, 0.4) is 0 Å². The normalized spacial score (nSPS) is 20.8. The number of carbonyl (C=O) groups is 1. The molecule has 1 amide bonds. The van der Waals surface area contributed by atoms with E-state index in [1.807, 2.05) is 17.2 Å². The van der Waals surface area contributed by atoms with Crippen molar-refractivity contribution in [1.29, 1.82) is 0 Å². The minimum Gasteiger partial charge on any atom is -0.343 e. The highest BCUT2D eigenvalue weighted by molar-refractivity contribution is 7.09. The second kappa shape index (κ2) is 6.82. The third-order valence-electron chi connectivity index (χ3n) is 3.33. The average molecular weight is 268 g/mol. The van der Waals surface area contributed by atoms with Gasteiger partial charge in [-0.2, -0.15) is 0 Å². The van der Waals surface area contributed by atoms with Crippen LogP contribution in [0.1, 0.15) is 5.01 Å². The summed E-state index contributed by atoms with van der Waals surface area (Å²) in [6.07, 6.45) is 2.76. The lowest BCUT2D eigenvalue weighted by molar-refractivity contribution is -0.120. The molecule has 0 unspecified atom stereocenters. The van der Waals surface area contributed by atoms with Crippen LogP contribution in [-0.4, -0.2) is 66.5 Å². The zero-order valence-electron chi connectivity index (χ0n) is 10.7. The first-order chi connectivity index (χ1) is 8.79. The molecule has 2 saturated heterocycles. The van der Waals surface area contributed by atoms with E-state index in [1.54, 1.807) is 17.5 Å². The van der Waals surface area contributed by atoms with Gasteiger partial charge in [-0.1, -0.05) is 0 Å². The Hall–Kier alpha value is -0.980. The predicted octanol–water partition coefficient (Wildman–Crippen LogP) is 0.184. The molecule has 0 bridgehead atoms. The molecule has 0 aliphatic carbocycles. The van der Waals surface area contributed by atoms with E-state index in [0.717, 1.165) is 56.7 Å². The molecule has 1 N–H and O–H groups in total. The van der Waals surface area contributed by atoms with Crippen LogP contribution in [0.4, 0.5) is 0 Å². The average Bonchev–Trinajstić information content (AvgIpc) is 2.80. The molecule has 5 nitrogen and oxygen atoms in total. The fraction of sp³-hybridized carbons (Fsp3) is 0.667. The number of aromatic nitrogens is 1. The van der Waals surface area contributed by atoms with Crippen molar-refractivity contribution < 1.29 is 4.79 Å². The molecule has 0 radical (unpaired) electrons. The molecule has 2 fully saturated rings. The highest BCUT2D eigenvalue weighted by atomic mass is 32.1. The van der Waals surface area contributed by atoms with Gasteiger partial charge < -0.3 is 10.2 Å². The molecule has 0 aromatic carbocycles. The Labute approximate surface area is 112 Å². The number of hydrogen-bond donors (Lipinski definition) is 1. The van der Waals surface area contributed by atoms with E-state index in [0.29, 0.717) is 0 Å². The second-order valence-electron chi connectivity index (χ2n) is 4.54. The number of amides is 1. The highest BCUT2D eigenvalue weighted by Crippen LogP contribution is 2.08. The minimum atomic E-state index is 0.735. The SMILES string of the molecule is Cc1nccs1.O=CN1CCN(C2CNC2)CC1. The van der Waals surface area contributed by atoms with E-state index in [2.05, 4.69) is 15.2 Å². The van der Waals surface area contributed by atoms with Gasteiger partial charge in [-0.15, -0.1) is 11.3 Å². The first-order valence-electron chi connectivity index (χ1n) is 6.30. The molecule has 100 valence electrons. The summed E-state index contributed by atoms with van der Waals surface area (Å²) >= 11 is 1.67. The Morgan fingerprint density at radius 2 is 2.11 bits per heavy atom. The Balaban J connectivity index is 0.000000169. The van der Waals surface area contributed by atoms with Gasteiger partial charge >= 0.3 is 0 Å². The molecule has 0 atom stereocenters. The highest BCUT2D eigenvalue weighted by Gasteiger charge is 2.26. The third kappa shape index (κ3) is 3.76. The van der Waals surface area contributed by atoms with Crippen molar-refractivity contribution in [3.8, 4) is 0 Å². The number of piperazine rings is 1. The van der Waals surface area contributed by atoms with E-state index >= 15 is 0 Å². The van der Waals surface area contributed by atoms with Crippen LogP contribution >= 0.6 is 11.3 Å². The van der Waals surface area contributed by atoms with Gasteiger partial charge in [0.25, 0.3) is 0 Å². The first kappa shape index (κ1) is 13.5. The Morgan fingerprint density at radius 1 is 1.39 bits per heavy atom. The molecule has 2 aliphatic rings. The molecule has 6 heteroatoms. The zero-order chi connectivity index (χ0) is 12.8. The van der Waals surface area contributed by atoms with Crippen LogP contribution in [0.2, 0.25) is 0 Å². The summed E-state index contributed by atoms with van der Waals surface area (Å²) in [6.45, 7) is 8.14. The van der Waals surface area contributed by atoms with Crippen molar-refractivity contribution in [2.45, 2.75) is 13.0 Å². The molecule has 1 aromatic rings. The number of hydrogen-bond acceptors (Lipinski definition) is 5. The number of rotatable bonds is 2. The molecule has 2 aliphatic heterocycles. The Bertz CT molecular complexity index is 345. The van der Waals surface area contributed by atoms with E-state index in [4.69, 9.17) is 0 Å². The zero-order valence-corrected chi connectivity index (χ0v) is 11.5. The van der Waals surface area contributed by atoms with Crippen LogP contribution < -0.4 is 5.32 Å². The smallest absolute Gasteiger partial charge is 0.209 e. The Morgan fingerprint density at radius 3 is 2.44 bits per heavy atom. The van der Waals surface area contributed by atoms with Crippen molar-refractivity contribution in [2.24, 2.45) is 0 Å². The lowest BCUT2D eigenvalue weighted by Gasteiger charge is -2.42. The maximum absolute atomic E-state index is 10.4. The molecule has 18 heavy (non-hydrogen) atoms. The molecule has 0 spiro atoms. The van der Waals surface area contributed by atoms with Crippen molar-refractivity contribution in [1.82, 2.24) is 20.1 Å². The number of aryl methyl sites for hydroxylation is 1. The number of nitrogens with zero attached hydrogens (tertiary/aromatic N) is 3. The predicted molar refractivity (Wildman–Crippen MR) is 72.7 cm³/mol. The van der Waals surface area contributed by atoms with Gasteiger partial charge in [-0.05, 0) is 6.92 Å². The van der Waals surface area contributed by atoms with Crippen LogP contribution in [0.25, 0.3) is 0 Å².